The fraction of sp³-hybridized carbons (Fsp3) is 0.455. The number of nitro benzene ring substituents is 1. The summed E-state index contributed by atoms with van der Waals surface area (Å²) in [5.74, 6) is 0. The summed E-state index contributed by atoms with van der Waals surface area (Å²) in [5.41, 5.74) is 0.341. The van der Waals surface area contributed by atoms with Gasteiger partial charge in [0.2, 0.25) is 5.52 Å². The molecule has 2 N–H and O–H groups in total. The molecule has 2 aromatic rings. The Balaban J connectivity index is 2.17. The van der Waals surface area contributed by atoms with Crippen molar-refractivity contribution in [2.24, 2.45) is 0 Å². The van der Waals surface area contributed by atoms with Crippen LogP contribution in [0.4, 0.5) is 5.69 Å². The summed E-state index contributed by atoms with van der Waals surface area (Å²) in [5, 5.41) is 27.4. The second-order valence-corrected chi connectivity index (χ2v) is 5.39. The highest BCUT2D eigenvalue weighted by Gasteiger charge is 2.20. The number of benzene rings is 1. The summed E-state index contributed by atoms with van der Waals surface area (Å²) in [6.07, 6.45) is 0.198. The number of nitro groups is 1. The monoisotopic (exact) mass is 298 g/mol. The number of non-ortho nitro benzene ring substituents is 1. The van der Waals surface area contributed by atoms with Gasteiger partial charge in [-0.05, 0) is 48.6 Å². The predicted octanol–water partition coefficient (Wildman–Crippen LogP) is 1.89. The summed E-state index contributed by atoms with van der Waals surface area (Å²) in [4.78, 5) is 11.0. The van der Waals surface area contributed by atoms with Crippen LogP contribution >= 0.6 is 11.9 Å². The number of fused-ring (bicyclic) bond motifs is 1. The summed E-state index contributed by atoms with van der Waals surface area (Å²) in [6.45, 7) is 3.65. The first-order valence-corrected chi connectivity index (χ1v) is 6.80. The maximum atomic E-state index is 10.9. The molecule has 2 unspecified atom stereocenters. The number of aromatic nitrogens is 2. The molecule has 9 heteroatoms. The molecule has 0 aliphatic carbocycles. The van der Waals surface area contributed by atoms with Crippen molar-refractivity contribution < 1.29 is 14.7 Å². The fourth-order valence-electron chi connectivity index (χ4n) is 1.78. The van der Waals surface area contributed by atoms with Crippen LogP contribution in [0.25, 0.3) is 11.0 Å². The average molecular weight is 298 g/mol. The highest BCUT2D eigenvalue weighted by atomic mass is 32.2. The van der Waals surface area contributed by atoms with Crippen LogP contribution in [0.2, 0.25) is 0 Å². The molecule has 0 fully saturated rings. The number of aliphatic hydroxyl groups excluding tert-OH is 1. The highest BCUT2D eigenvalue weighted by molar-refractivity contribution is 7.97. The molecule has 0 aliphatic heterocycles. The summed E-state index contributed by atoms with van der Waals surface area (Å²) in [7, 11) is 0. The van der Waals surface area contributed by atoms with Crippen LogP contribution in [-0.2, 0) is 0 Å². The Bertz CT molecular complexity index is 615. The van der Waals surface area contributed by atoms with Gasteiger partial charge in [-0.25, -0.2) is 4.63 Å². The second-order valence-electron chi connectivity index (χ2n) is 4.51. The molecular formula is C11H14N4O4S. The molecule has 0 saturated heterocycles. The number of nitrogens with zero attached hydrogens (tertiary/aromatic N) is 3. The van der Waals surface area contributed by atoms with E-state index in [0.29, 0.717) is 16.8 Å². The van der Waals surface area contributed by atoms with Gasteiger partial charge < -0.3 is 5.11 Å². The number of nitrogens with one attached hydrogen (secondary N) is 1. The highest BCUT2D eigenvalue weighted by Crippen LogP contribution is 2.30. The molecule has 0 radical (unpaired) electrons. The van der Waals surface area contributed by atoms with Crippen molar-refractivity contribution in [3.05, 3.63) is 22.2 Å². The van der Waals surface area contributed by atoms with Crippen LogP contribution in [0.3, 0.4) is 0 Å². The minimum atomic E-state index is -0.523. The van der Waals surface area contributed by atoms with Gasteiger partial charge in [0.25, 0.3) is 0 Å². The first kappa shape index (κ1) is 14.7. The molecule has 0 spiro atoms. The number of hydrogen-bond donors (Lipinski definition) is 2. The Morgan fingerprint density at radius 2 is 2.15 bits per heavy atom. The lowest BCUT2D eigenvalue weighted by Crippen LogP contribution is -2.23. The van der Waals surface area contributed by atoms with Crippen molar-refractivity contribution in [3.8, 4) is 0 Å². The maximum Gasteiger partial charge on any atom is 0.300 e. The molecule has 108 valence electrons. The standard InChI is InChI=1S/C11H14N4O4S/c1-6(5-7(2)16)14-20-9-4-3-8(15(17)18)10-11(9)13-19-12-10/h3-4,6-7,14,16H,5H2,1-2H3. The Morgan fingerprint density at radius 1 is 1.45 bits per heavy atom. The van der Waals surface area contributed by atoms with E-state index in [4.69, 9.17) is 0 Å². The topological polar surface area (TPSA) is 114 Å². The van der Waals surface area contributed by atoms with E-state index in [1.807, 2.05) is 6.92 Å². The summed E-state index contributed by atoms with van der Waals surface area (Å²) in [6, 6.07) is 3.04. The molecule has 1 heterocycles. The lowest BCUT2D eigenvalue weighted by Gasteiger charge is -2.14. The van der Waals surface area contributed by atoms with E-state index in [2.05, 4.69) is 19.7 Å². The third-order valence-corrected chi connectivity index (χ3v) is 3.69. The van der Waals surface area contributed by atoms with Gasteiger partial charge in [0.1, 0.15) is 0 Å². The normalized spacial score (nSPS) is 14.3. The van der Waals surface area contributed by atoms with Gasteiger partial charge in [0.15, 0.2) is 5.52 Å². The SMILES string of the molecule is CC(O)CC(C)NSc1ccc([N+](=O)[O-])c2nonc12. The third-order valence-electron chi connectivity index (χ3n) is 2.62. The van der Waals surface area contributed by atoms with Gasteiger partial charge >= 0.3 is 5.69 Å². The number of rotatable bonds is 6. The molecular weight excluding hydrogens is 284 g/mol. The van der Waals surface area contributed by atoms with Gasteiger partial charge in [-0.2, -0.15) is 0 Å². The van der Waals surface area contributed by atoms with Crippen LogP contribution in [0.5, 0.6) is 0 Å². The second kappa shape index (κ2) is 6.16. The minimum absolute atomic E-state index is 0.0742. The lowest BCUT2D eigenvalue weighted by molar-refractivity contribution is -0.383. The zero-order valence-electron chi connectivity index (χ0n) is 10.9. The van der Waals surface area contributed by atoms with E-state index >= 15 is 0 Å². The molecule has 2 rings (SSSR count). The molecule has 1 aromatic heterocycles. The molecule has 8 nitrogen and oxygen atoms in total. The molecule has 0 bridgehead atoms. The van der Waals surface area contributed by atoms with Crippen LogP contribution in [0.15, 0.2) is 21.7 Å². The van der Waals surface area contributed by atoms with Crippen LogP contribution in [0.1, 0.15) is 20.3 Å². The van der Waals surface area contributed by atoms with E-state index in [0.717, 1.165) is 0 Å². The average Bonchev–Trinajstić information content (AvgIpc) is 2.83. The van der Waals surface area contributed by atoms with E-state index in [9.17, 15) is 15.2 Å². The van der Waals surface area contributed by atoms with E-state index in [-0.39, 0.29) is 17.2 Å². The Kier molecular flexibility index (Phi) is 4.53. The molecule has 1 aromatic carbocycles. The van der Waals surface area contributed by atoms with Gasteiger partial charge in [-0.15, -0.1) is 0 Å². The largest absolute Gasteiger partial charge is 0.393 e. The van der Waals surface area contributed by atoms with E-state index in [1.165, 1.54) is 18.0 Å². The van der Waals surface area contributed by atoms with Crippen LogP contribution in [-0.4, -0.2) is 32.5 Å². The fourth-order valence-corrected chi connectivity index (χ4v) is 2.58. The third kappa shape index (κ3) is 3.24. The van der Waals surface area contributed by atoms with Gasteiger partial charge in [-0.1, -0.05) is 0 Å². The first-order valence-electron chi connectivity index (χ1n) is 5.99. The van der Waals surface area contributed by atoms with Gasteiger partial charge in [-0.3, -0.25) is 14.8 Å². The summed E-state index contributed by atoms with van der Waals surface area (Å²) < 4.78 is 7.72. The van der Waals surface area contributed by atoms with Crippen molar-refractivity contribution in [1.29, 1.82) is 0 Å². The van der Waals surface area contributed by atoms with Crippen molar-refractivity contribution in [2.45, 2.75) is 37.3 Å². The zero-order chi connectivity index (χ0) is 14.7. The van der Waals surface area contributed by atoms with E-state index < -0.39 is 11.0 Å². The lowest BCUT2D eigenvalue weighted by atomic mass is 10.2. The first-order chi connectivity index (χ1) is 9.49. The van der Waals surface area contributed by atoms with Crippen molar-refractivity contribution in [3.63, 3.8) is 0 Å². The van der Waals surface area contributed by atoms with Crippen molar-refractivity contribution in [2.75, 3.05) is 0 Å². The zero-order valence-corrected chi connectivity index (χ0v) is 11.8. The summed E-state index contributed by atoms with van der Waals surface area (Å²) >= 11 is 1.28. The molecule has 2 atom stereocenters. The van der Waals surface area contributed by atoms with Crippen molar-refractivity contribution in [1.82, 2.24) is 15.0 Å². The van der Waals surface area contributed by atoms with Crippen LogP contribution in [0, 0.1) is 10.1 Å². The van der Waals surface area contributed by atoms with Gasteiger partial charge in [0, 0.05) is 12.1 Å². The quantitative estimate of drug-likeness (QED) is 0.472. The Morgan fingerprint density at radius 3 is 2.80 bits per heavy atom. The number of hydrogen-bond acceptors (Lipinski definition) is 8. The predicted molar refractivity (Wildman–Crippen MR) is 73.2 cm³/mol. The Labute approximate surface area is 118 Å². The maximum absolute atomic E-state index is 10.9. The van der Waals surface area contributed by atoms with Gasteiger partial charge in [0.05, 0.1) is 15.9 Å². The molecule has 0 saturated carbocycles. The number of aliphatic hydroxyl groups is 1. The molecule has 0 amide bonds. The Hall–Kier alpha value is -1.71. The smallest absolute Gasteiger partial charge is 0.300 e. The van der Waals surface area contributed by atoms with Crippen LogP contribution < -0.4 is 4.72 Å². The molecule has 0 aliphatic rings. The van der Waals surface area contributed by atoms with E-state index in [1.54, 1.807) is 13.0 Å². The minimum Gasteiger partial charge on any atom is -0.393 e. The van der Waals surface area contributed by atoms with Crippen molar-refractivity contribution >= 4 is 28.7 Å². The molecule has 20 heavy (non-hydrogen) atoms.